The predicted octanol–water partition coefficient (Wildman–Crippen LogP) is 2.83. The number of aryl methyl sites for hydroxylation is 1. The third kappa shape index (κ3) is 2.20. The summed E-state index contributed by atoms with van der Waals surface area (Å²) in [6.07, 6.45) is 1.79. The number of nitrogens with one attached hydrogen (secondary N) is 1. The lowest BCUT2D eigenvalue weighted by Crippen LogP contribution is -2.11. The van der Waals surface area contributed by atoms with E-state index in [4.69, 9.17) is 0 Å². The van der Waals surface area contributed by atoms with Gasteiger partial charge in [0.1, 0.15) is 0 Å². The van der Waals surface area contributed by atoms with Gasteiger partial charge in [-0.2, -0.15) is 5.10 Å². The molecule has 4 heteroatoms. The minimum atomic E-state index is -0.108. The van der Waals surface area contributed by atoms with Gasteiger partial charge in [0, 0.05) is 23.7 Å². The summed E-state index contributed by atoms with van der Waals surface area (Å²) < 4.78 is 1.80. The summed E-state index contributed by atoms with van der Waals surface area (Å²) >= 11 is 0. The van der Waals surface area contributed by atoms with Crippen LogP contribution in [0.25, 0.3) is 10.9 Å². The molecule has 94 valence electrons. The normalized spacial score (nSPS) is 10.6. The molecule has 2 aromatic carbocycles. The SMILES string of the molecule is Cn1ncc2cc(NC(=O)c3ccccc3)ccc21. The fourth-order valence-corrected chi connectivity index (χ4v) is 2.03. The summed E-state index contributed by atoms with van der Waals surface area (Å²) in [5, 5.41) is 8.07. The third-order valence-corrected chi connectivity index (χ3v) is 3.04. The van der Waals surface area contributed by atoms with Gasteiger partial charge < -0.3 is 5.32 Å². The van der Waals surface area contributed by atoms with Crippen LogP contribution in [0.5, 0.6) is 0 Å². The fourth-order valence-electron chi connectivity index (χ4n) is 2.03. The maximum Gasteiger partial charge on any atom is 0.255 e. The highest BCUT2D eigenvalue weighted by Gasteiger charge is 2.06. The molecule has 0 unspecified atom stereocenters. The zero-order chi connectivity index (χ0) is 13.2. The van der Waals surface area contributed by atoms with Crippen LogP contribution in [0.3, 0.4) is 0 Å². The molecule has 0 aliphatic heterocycles. The molecule has 1 amide bonds. The van der Waals surface area contributed by atoms with Gasteiger partial charge in [-0.05, 0) is 30.3 Å². The first kappa shape index (κ1) is 11.5. The Morgan fingerprint density at radius 3 is 2.74 bits per heavy atom. The van der Waals surface area contributed by atoms with Gasteiger partial charge >= 0.3 is 0 Å². The van der Waals surface area contributed by atoms with E-state index in [2.05, 4.69) is 10.4 Å². The number of anilines is 1. The first-order chi connectivity index (χ1) is 9.24. The van der Waals surface area contributed by atoms with Crippen molar-refractivity contribution >= 4 is 22.5 Å². The number of carbonyl (C=O) groups is 1. The lowest BCUT2D eigenvalue weighted by Gasteiger charge is -2.05. The smallest absolute Gasteiger partial charge is 0.255 e. The van der Waals surface area contributed by atoms with E-state index in [0.29, 0.717) is 5.56 Å². The van der Waals surface area contributed by atoms with E-state index >= 15 is 0 Å². The summed E-state index contributed by atoms with van der Waals surface area (Å²) in [5.74, 6) is -0.108. The van der Waals surface area contributed by atoms with Crippen LogP contribution < -0.4 is 5.32 Å². The van der Waals surface area contributed by atoms with E-state index in [1.54, 1.807) is 23.0 Å². The van der Waals surface area contributed by atoms with E-state index in [1.165, 1.54) is 0 Å². The van der Waals surface area contributed by atoms with Crippen molar-refractivity contribution in [2.24, 2.45) is 7.05 Å². The molecule has 1 heterocycles. The number of benzene rings is 2. The monoisotopic (exact) mass is 251 g/mol. The molecular weight excluding hydrogens is 238 g/mol. The summed E-state index contributed by atoms with van der Waals surface area (Å²) in [6, 6.07) is 14.9. The van der Waals surface area contributed by atoms with Crippen molar-refractivity contribution in [1.82, 2.24) is 9.78 Å². The number of rotatable bonds is 2. The summed E-state index contributed by atoms with van der Waals surface area (Å²) in [5.41, 5.74) is 2.46. The summed E-state index contributed by atoms with van der Waals surface area (Å²) in [7, 11) is 1.89. The van der Waals surface area contributed by atoms with Crippen LogP contribution in [-0.4, -0.2) is 15.7 Å². The number of amides is 1. The Bertz CT molecular complexity index is 731. The minimum Gasteiger partial charge on any atom is -0.322 e. The molecule has 4 nitrogen and oxygen atoms in total. The van der Waals surface area contributed by atoms with Crippen LogP contribution in [-0.2, 0) is 7.05 Å². The van der Waals surface area contributed by atoms with E-state index in [1.807, 2.05) is 43.4 Å². The Labute approximate surface area is 110 Å². The lowest BCUT2D eigenvalue weighted by atomic mass is 10.2. The molecule has 0 bridgehead atoms. The van der Waals surface area contributed by atoms with Gasteiger partial charge in [0.25, 0.3) is 5.91 Å². The maximum atomic E-state index is 12.0. The average molecular weight is 251 g/mol. The van der Waals surface area contributed by atoms with Crippen LogP contribution in [0.1, 0.15) is 10.4 Å². The zero-order valence-corrected chi connectivity index (χ0v) is 10.5. The minimum absolute atomic E-state index is 0.108. The van der Waals surface area contributed by atoms with Gasteiger partial charge in [-0.15, -0.1) is 0 Å². The van der Waals surface area contributed by atoms with Crippen LogP contribution >= 0.6 is 0 Å². The number of nitrogens with zero attached hydrogens (tertiary/aromatic N) is 2. The quantitative estimate of drug-likeness (QED) is 0.761. The van der Waals surface area contributed by atoms with Crippen molar-refractivity contribution in [3.63, 3.8) is 0 Å². The molecular formula is C15H13N3O. The van der Waals surface area contributed by atoms with E-state index in [9.17, 15) is 4.79 Å². The molecule has 19 heavy (non-hydrogen) atoms. The maximum absolute atomic E-state index is 12.0. The molecule has 1 N–H and O–H groups in total. The highest BCUT2D eigenvalue weighted by molar-refractivity contribution is 6.05. The number of hydrogen-bond acceptors (Lipinski definition) is 2. The molecule has 0 saturated carbocycles. The zero-order valence-electron chi connectivity index (χ0n) is 10.5. The van der Waals surface area contributed by atoms with Crippen LogP contribution in [0, 0.1) is 0 Å². The van der Waals surface area contributed by atoms with Crippen molar-refractivity contribution in [3.8, 4) is 0 Å². The number of hydrogen-bond donors (Lipinski definition) is 1. The Kier molecular flexibility index (Phi) is 2.76. The first-order valence-corrected chi connectivity index (χ1v) is 6.02. The molecule has 0 aliphatic rings. The molecule has 3 rings (SSSR count). The summed E-state index contributed by atoms with van der Waals surface area (Å²) in [6.45, 7) is 0. The van der Waals surface area contributed by atoms with Gasteiger partial charge in [0.15, 0.2) is 0 Å². The van der Waals surface area contributed by atoms with Gasteiger partial charge in [-0.25, -0.2) is 0 Å². The van der Waals surface area contributed by atoms with Gasteiger partial charge in [-0.1, -0.05) is 18.2 Å². The average Bonchev–Trinajstić information content (AvgIpc) is 2.81. The molecule has 0 fully saturated rings. The van der Waals surface area contributed by atoms with Crippen molar-refractivity contribution in [2.45, 2.75) is 0 Å². The molecule has 0 spiro atoms. The van der Waals surface area contributed by atoms with Crippen LogP contribution in [0.15, 0.2) is 54.7 Å². The Hall–Kier alpha value is -2.62. The molecule has 0 atom stereocenters. The Morgan fingerprint density at radius 2 is 1.95 bits per heavy atom. The highest BCUT2D eigenvalue weighted by Crippen LogP contribution is 2.18. The highest BCUT2D eigenvalue weighted by atomic mass is 16.1. The van der Waals surface area contributed by atoms with Gasteiger partial charge in [0.05, 0.1) is 11.7 Å². The van der Waals surface area contributed by atoms with E-state index < -0.39 is 0 Å². The lowest BCUT2D eigenvalue weighted by molar-refractivity contribution is 0.102. The first-order valence-electron chi connectivity index (χ1n) is 6.02. The van der Waals surface area contributed by atoms with Gasteiger partial charge in [-0.3, -0.25) is 9.48 Å². The second-order valence-corrected chi connectivity index (χ2v) is 4.36. The molecule has 3 aromatic rings. The van der Waals surface area contributed by atoms with Crippen molar-refractivity contribution in [1.29, 1.82) is 0 Å². The van der Waals surface area contributed by atoms with Crippen molar-refractivity contribution in [3.05, 3.63) is 60.3 Å². The van der Waals surface area contributed by atoms with E-state index in [0.717, 1.165) is 16.6 Å². The predicted molar refractivity (Wildman–Crippen MR) is 75.1 cm³/mol. The summed E-state index contributed by atoms with van der Waals surface area (Å²) in [4.78, 5) is 12.0. The van der Waals surface area contributed by atoms with Crippen molar-refractivity contribution in [2.75, 3.05) is 5.32 Å². The Morgan fingerprint density at radius 1 is 1.16 bits per heavy atom. The molecule has 0 aliphatic carbocycles. The van der Waals surface area contributed by atoms with Gasteiger partial charge in [0.2, 0.25) is 0 Å². The third-order valence-electron chi connectivity index (χ3n) is 3.04. The number of fused-ring (bicyclic) bond motifs is 1. The standard InChI is InChI=1S/C15H13N3O/c1-18-14-8-7-13(9-12(14)10-16-18)17-15(19)11-5-3-2-4-6-11/h2-10H,1H3,(H,17,19). The second-order valence-electron chi connectivity index (χ2n) is 4.36. The Balaban J connectivity index is 1.87. The number of aromatic nitrogens is 2. The molecule has 0 radical (unpaired) electrons. The molecule has 0 saturated heterocycles. The van der Waals surface area contributed by atoms with Crippen LogP contribution in [0.2, 0.25) is 0 Å². The molecule has 1 aromatic heterocycles. The number of carbonyl (C=O) groups excluding carboxylic acids is 1. The second kappa shape index (κ2) is 4.57. The van der Waals surface area contributed by atoms with E-state index in [-0.39, 0.29) is 5.91 Å². The fraction of sp³-hybridized carbons (Fsp3) is 0.0667. The topological polar surface area (TPSA) is 46.9 Å². The van der Waals surface area contributed by atoms with Crippen molar-refractivity contribution < 1.29 is 4.79 Å². The largest absolute Gasteiger partial charge is 0.322 e. The van der Waals surface area contributed by atoms with Crippen LogP contribution in [0.4, 0.5) is 5.69 Å².